The van der Waals surface area contributed by atoms with Gasteiger partial charge in [0.25, 0.3) is 5.91 Å². The molecule has 2 aromatic carbocycles. The molecule has 1 unspecified atom stereocenters. The van der Waals surface area contributed by atoms with E-state index in [9.17, 15) is 9.59 Å². The number of nitrogens with one attached hydrogen (secondary N) is 1. The highest BCUT2D eigenvalue weighted by Gasteiger charge is 2.31. The highest BCUT2D eigenvalue weighted by molar-refractivity contribution is 6.03. The van der Waals surface area contributed by atoms with E-state index in [1.807, 2.05) is 47.5 Å². The number of aldehydes is 1. The minimum absolute atomic E-state index is 0.142. The summed E-state index contributed by atoms with van der Waals surface area (Å²) in [4.78, 5) is 24.3. The van der Waals surface area contributed by atoms with Gasteiger partial charge in [0.15, 0.2) is 11.5 Å². The van der Waals surface area contributed by atoms with Gasteiger partial charge in [0.1, 0.15) is 12.3 Å². The number of carbonyl (C=O) groups is 2. The van der Waals surface area contributed by atoms with Crippen LogP contribution in [0, 0.1) is 5.92 Å². The summed E-state index contributed by atoms with van der Waals surface area (Å²) in [6, 6.07) is 14.6. The zero-order valence-electron chi connectivity index (χ0n) is 22.3. The molecule has 3 aromatic rings. The van der Waals surface area contributed by atoms with Gasteiger partial charge in [-0.3, -0.25) is 9.80 Å². The molecule has 2 atom stereocenters. The summed E-state index contributed by atoms with van der Waals surface area (Å²) < 4.78 is 16.8. The summed E-state index contributed by atoms with van der Waals surface area (Å²) in [5.74, 6) is 1.38. The van der Waals surface area contributed by atoms with E-state index in [4.69, 9.17) is 19.1 Å². The van der Waals surface area contributed by atoms with Crippen molar-refractivity contribution >= 4 is 23.6 Å². The molecular formula is C30H34N4O5. The topological polar surface area (TPSA) is 106 Å². The second-order valence-corrected chi connectivity index (χ2v) is 10.0. The molecular weight excluding hydrogens is 496 g/mol. The standard InChI is InChI=1S/C30H34N4O5/c1-3-21-16-24(19-35)34(18-20-8-11-23(12-9-20)32-30(36)27-14-15-31-39-27)33-29(21)22-10-13-26(37-2)28(17-22)38-25-6-4-5-7-25/h8-15,17,19,21,24-25H,3-7,16,18H2,1-2H3,(H,32,36)/t21-,24?/m1/s1. The van der Waals surface area contributed by atoms with Crippen LogP contribution in [0.15, 0.2) is 64.4 Å². The first-order valence-corrected chi connectivity index (χ1v) is 13.5. The average molecular weight is 531 g/mol. The van der Waals surface area contributed by atoms with Crippen molar-refractivity contribution in [2.24, 2.45) is 11.0 Å². The Morgan fingerprint density at radius 3 is 2.59 bits per heavy atom. The molecule has 1 fully saturated rings. The van der Waals surface area contributed by atoms with E-state index < -0.39 is 0 Å². The van der Waals surface area contributed by atoms with Crippen LogP contribution in [0.4, 0.5) is 5.69 Å². The average Bonchev–Trinajstić information content (AvgIpc) is 3.69. The fourth-order valence-corrected chi connectivity index (χ4v) is 5.27. The number of hydrogen-bond donors (Lipinski definition) is 1. The van der Waals surface area contributed by atoms with Gasteiger partial charge in [0.05, 0.1) is 31.7 Å². The maximum atomic E-state index is 12.2. The Morgan fingerprint density at radius 1 is 1.13 bits per heavy atom. The van der Waals surface area contributed by atoms with Crippen LogP contribution in [0.2, 0.25) is 0 Å². The second kappa shape index (κ2) is 12.1. The highest BCUT2D eigenvalue weighted by Crippen LogP contribution is 2.35. The molecule has 1 aromatic heterocycles. The lowest BCUT2D eigenvalue weighted by molar-refractivity contribution is -0.113. The molecule has 1 aliphatic heterocycles. The zero-order valence-corrected chi connectivity index (χ0v) is 22.3. The van der Waals surface area contributed by atoms with E-state index in [1.165, 1.54) is 25.1 Å². The molecule has 0 saturated heterocycles. The fourth-order valence-electron chi connectivity index (χ4n) is 5.27. The largest absolute Gasteiger partial charge is 0.493 e. The van der Waals surface area contributed by atoms with E-state index in [1.54, 1.807) is 7.11 Å². The van der Waals surface area contributed by atoms with Crippen molar-refractivity contribution < 1.29 is 23.6 Å². The number of aromatic nitrogens is 1. The van der Waals surface area contributed by atoms with Crippen molar-refractivity contribution in [2.75, 3.05) is 12.4 Å². The normalized spacial score (nSPS) is 19.4. The molecule has 0 spiro atoms. The molecule has 39 heavy (non-hydrogen) atoms. The number of nitrogens with zero attached hydrogens (tertiary/aromatic N) is 3. The first-order chi connectivity index (χ1) is 19.1. The predicted octanol–water partition coefficient (Wildman–Crippen LogP) is 5.46. The van der Waals surface area contributed by atoms with Crippen LogP contribution in [0.25, 0.3) is 0 Å². The Labute approximate surface area is 228 Å². The van der Waals surface area contributed by atoms with Crippen molar-refractivity contribution in [3.63, 3.8) is 0 Å². The molecule has 1 N–H and O–H groups in total. The van der Waals surface area contributed by atoms with Crippen LogP contribution in [0.1, 0.15) is 67.1 Å². The Bertz CT molecular complexity index is 1300. The summed E-state index contributed by atoms with van der Waals surface area (Å²) in [6.45, 7) is 2.59. The number of amides is 1. The van der Waals surface area contributed by atoms with Crippen molar-refractivity contribution in [2.45, 2.75) is 64.1 Å². The summed E-state index contributed by atoms with van der Waals surface area (Å²) in [5, 5.41) is 13.2. The Kier molecular flexibility index (Phi) is 8.24. The Hall–Kier alpha value is -4.14. The number of rotatable bonds is 10. The van der Waals surface area contributed by atoms with Crippen molar-refractivity contribution in [1.82, 2.24) is 10.2 Å². The summed E-state index contributed by atoms with van der Waals surface area (Å²) in [7, 11) is 1.66. The first kappa shape index (κ1) is 26.5. The molecule has 204 valence electrons. The van der Waals surface area contributed by atoms with Crippen molar-refractivity contribution in [1.29, 1.82) is 0 Å². The molecule has 9 nitrogen and oxygen atoms in total. The third-order valence-electron chi connectivity index (χ3n) is 7.45. The summed E-state index contributed by atoms with van der Waals surface area (Å²) in [6.07, 6.45) is 8.68. The summed E-state index contributed by atoms with van der Waals surface area (Å²) in [5.41, 5.74) is 3.53. The number of methoxy groups -OCH3 is 1. The molecule has 1 aliphatic carbocycles. The number of benzene rings is 2. The SMILES string of the molecule is CC[C@@H]1CC(C=O)N(Cc2ccc(NC(=O)c3ccno3)cc2)N=C1c1ccc(OC)c(OC2CCCC2)c1. The van der Waals surface area contributed by atoms with Crippen LogP contribution in [-0.2, 0) is 11.3 Å². The van der Waals surface area contributed by atoms with Gasteiger partial charge in [-0.25, -0.2) is 0 Å². The Balaban J connectivity index is 1.36. The van der Waals surface area contributed by atoms with E-state index in [0.29, 0.717) is 24.4 Å². The molecule has 0 bridgehead atoms. The Morgan fingerprint density at radius 2 is 1.92 bits per heavy atom. The van der Waals surface area contributed by atoms with Gasteiger partial charge in [-0.2, -0.15) is 5.10 Å². The molecule has 5 rings (SSSR count). The number of ether oxygens (including phenoxy) is 2. The number of hydrogen-bond acceptors (Lipinski definition) is 8. The third-order valence-corrected chi connectivity index (χ3v) is 7.45. The van der Waals surface area contributed by atoms with Crippen LogP contribution in [0.5, 0.6) is 11.5 Å². The lowest BCUT2D eigenvalue weighted by Crippen LogP contribution is -2.41. The smallest absolute Gasteiger partial charge is 0.294 e. The minimum atomic E-state index is -0.368. The molecule has 0 radical (unpaired) electrons. The number of carbonyl (C=O) groups excluding carboxylic acids is 2. The van der Waals surface area contributed by atoms with Crippen LogP contribution >= 0.6 is 0 Å². The molecule has 9 heteroatoms. The predicted molar refractivity (Wildman–Crippen MR) is 147 cm³/mol. The highest BCUT2D eigenvalue weighted by atomic mass is 16.5. The van der Waals surface area contributed by atoms with Crippen LogP contribution < -0.4 is 14.8 Å². The second-order valence-electron chi connectivity index (χ2n) is 10.0. The number of hydrazone groups is 1. The quantitative estimate of drug-likeness (QED) is 0.347. The van der Waals surface area contributed by atoms with E-state index >= 15 is 0 Å². The lowest BCUT2D eigenvalue weighted by Gasteiger charge is -2.35. The lowest BCUT2D eigenvalue weighted by atomic mass is 9.87. The molecule has 2 heterocycles. The maximum absolute atomic E-state index is 12.2. The van der Waals surface area contributed by atoms with Gasteiger partial charge >= 0.3 is 0 Å². The molecule has 1 saturated carbocycles. The fraction of sp³-hybridized carbons (Fsp3) is 0.400. The van der Waals surface area contributed by atoms with E-state index in [2.05, 4.69) is 17.4 Å². The van der Waals surface area contributed by atoms with Crippen LogP contribution in [0.3, 0.4) is 0 Å². The third kappa shape index (κ3) is 6.13. The number of anilines is 1. The first-order valence-electron chi connectivity index (χ1n) is 13.5. The molecule has 2 aliphatic rings. The minimum Gasteiger partial charge on any atom is -0.493 e. The van der Waals surface area contributed by atoms with Gasteiger partial charge in [-0.15, -0.1) is 0 Å². The zero-order chi connectivity index (χ0) is 27.2. The van der Waals surface area contributed by atoms with Crippen molar-refractivity contribution in [3.8, 4) is 11.5 Å². The van der Waals surface area contributed by atoms with Crippen LogP contribution in [-0.4, -0.2) is 47.3 Å². The van der Waals surface area contributed by atoms with Crippen molar-refractivity contribution in [3.05, 3.63) is 71.6 Å². The van der Waals surface area contributed by atoms with E-state index in [0.717, 1.165) is 48.1 Å². The van der Waals surface area contributed by atoms with Gasteiger partial charge in [0.2, 0.25) is 5.76 Å². The monoisotopic (exact) mass is 530 g/mol. The molecule has 1 amide bonds. The van der Waals surface area contributed by atoms with Gasteiger partial charge in [0, 0.05) is 23.2 Å². The summed E-state index contributed by atoms with van der Waals surface area (Å²) >= 11 is 0. The van der Waals surface area contributed by atoms with Gasteiger partial charge in [-0.1, -0.05) is 24.2 Å². The van der Waals surface area contributed by atoms with Gasteiger partial charge < -0.3 is 24.1 Å². The maximum Gasteiger partial charge on any atom is 0.294 e. The van der Waals surface area contributed by atoms with E-state index in [-0.39, 0.29) is 29.7 Å². The van der Waals surface area contributed by atoms with Gasteiger partial charge in [-0.05, 0) is 74.4 Å².